The van der Waals surface area contributed by atoms with Gasteiger partial charge < -0.3 is 10.2 Å². The lowest BCUT2D eigenvalue weighted by Crippen LogP contribution is -1.95. The summed E-state index contributed by atoms with van der Waals surface area (Å²) in [5.41, 5.74) is 2.82. The van der Waals surface area contributed by atoms with Gasteiger partial charge in [0.05, 0.1) is 0 Å². The molecule has 0 heterocycles. The molecule has 0 aromatic heterocycles. The molecule has 0 spiro atoms. The van der Waals surface area contributed by atoms with E-state index in [1.807, 2.05) is 25.1 Å². The van der Waals surface area contributed by atoms with Crippen LogP contribution < -0.4 is 0 Å². The molecule has 0 saturated heterocycles. The Labute approximate surface area is 117 Å². The van der Waals surface area contributed by atoms with Crippen LogP contribution in [-0.4, -0.2) is 16.0 Å². The highest BCUT2D eigenvalue weighted by molar-refractivity contribution is 6.06. The number of aliphatic hydroxyl groups is 2. The number of aryl methyl sites for hydroxylation is 1. The van der Waals surface area contributed by atoms with E-state index in [0.717, 1.165) is 11.1 Å². The topological polar surface area (TPSA) is 57.5 Å². The molecule has 2 N–H and O–H groups in total. The quantitative estimate of drug-likeness (QED) is 0.509. The van der Waals surface area contributed by atoms with Crippen molar-refractivity contribution in [3.63, 3.8) is 0 Å². The average molecular weight is 268 g/mol. The summed E-state index contributed by atoms with van der Waals surface area (Å²) < 4.78 is 0. The highest BCUT2D eigenvalue weighted by Gasteiger charge is 2.03. The Balaban J connectivity index is 2.17. The normalized spacial score (nSPS) is 11.2. The lowest BCUT2D eigenvalue weighted by Gasteiger charge is -2.04. The second kappa shape index (κ2) is 6.28. The summed E-state index contributed by atoms with van der Waals surface area (Å²) in [6, 6.07) is 14.1. The first-order chi connectivity index (χ1) is 9.56. The maximum Gasteiger partial charge on any atom is 0.185 e. The highest BCUT2D eigenvalue weighted by atomic mass is 16.5. The first-order valence-electron chi connectivity index (χ1n) is 6.31. The number of ketones is 1. The second-order valence-electron chi connectivity index (χ2n) is 4.61. The molecular formula is C17H16O3. The monoisotopic (exact) mass is 268 g/mol. The Morgan fingerprint density at radius 1 is 1.10 bits per heavy atom. The molecule has 0 aliphatic heterocycles. The van der Waals surface area contributed by atoms with Gasteiger partial charge in [-0.05, 0) is 30.7 Å². The standard InChI is InChI=1S/C17H16O3/c1-12-4-2-6-14(10-12)16(18)9-8-13-5-3-7-15(11-13)17(19)20/h2-11,17,19-20H,1H3/b9-8+. The molecule has 0 fully saturated rings. The fourth-order valence-electron chi connectivity index (χ4n) is 1.89. The molecule has 2 rings (SSSR count). The van der Waals surface area contributed by atoms with Crippen molar-refractivity contribution in [3.8, 4) is 0 Å². The maximum atomic E-state index is 12.0. The fraction of sp³-hybridized carbons (Fsp3) is 0.118. The molecule has 0 atom stereocenters. The summed E-state index contributed by atoms with van der Waals surface area (Å²) >= 11 is 0. The van der Waals surface area contributed by atoms with E-state index in [9.17, 15) is 4.79 Å². The summed E-state index contributed by atoms with van der Waals surface area (Å²) in [6.07, 6.45) is 1.64. The van der Waals surface area contributed by atoms with Crippen molar-refractivity contribution in [1.82, 2.24) is 0 Å². The molecular weight excluding hydrogens is 252 g/mol. The number of rotatable bonds is 4. The molecule has 0 unspecified atom stereocenters. The summed E-state index contributed by atoms with van der Waals surface area (Å²) in [6.45, 7) is 1.94. The van der Waals surface area contributed by atoms with Crippen LogP contribution in [0.25, 0.3) is 6.08 Å². The van der Waals surface area contributed by atoms with Crippen LogP contribution in [-0.2, 0) is 0 Å². The maximum absolute atomic E-state index is 12.0. The third-order valence-electron chi connectivity index (χ3n) is 2.94. The zero-order valence-corrected chi connectivity index (χ0v) is 11.2. The third kappa shape index (κ3) is 3.63. The minimum atomic E-state index is -1.50. The van der Waals surface area contributed by atoms with Gasteiger partial charge in [0.2, 0.25) is 0 Å². The smallest absolute Gasteiger partial charge is 0.185 e. The lowest BCUT2D eigenvalue weighted by atomic mass is 10.1. The van der Waals surface area contributed by atoms with Gasteiger partial charge in [0.25, 0.3) is 0 Å². The van der Waals surface area contributed by atoms with Gasteiger partial charge in [0.1, 0.15) is 0 Å². The van der Waals surface area contributed by atoms with Crippen LogP contribution in [0, 0.1) is 6.92 Å². The molecule has 0 aliphatic rings. The van der Waals surface area contributed by atoms with Gasteiger partial charge in [-0.1, -0.05) is 48.0 Å². The number of carbonyl (C=O) groups is 1. The van der Waals surface area contributed by atoms with E-state index in [4.69, 9.17) is 10.2 Å². The lowest BCUT2D eigenvalue weighted by molar-refractivity contribution is -0.0424. The predicted molar refractivity (Wildman–Crippen MR) is 78.2 cm³/mol. The summed E-state index contributed by atoms with van der Waals surface area (Å²) in [5, 5.41) is 18.2. The molecule has 0 bridgehead atoms. The van der Waals surface area contributed by atoms with Crippen molar-refractivity contribution < 1.29 is 15.0 Å². The number of aliphatic hydroxyl groups excluding tert-OH is 1. The third-order valence-corrected chi connectivity index (χ3v) is 2.94. The van der Waals surface area contributed by atoms with Crippen LogP contribution >= 0.6 is 0 Å². The van der Waals surface area contributed by atoms with E-state index < -0.39 is 6.29 Å². The zero-order chi connectivity index (χ0) is 14.5. The largest absolute Gasteiger partial charge is 0.364 e. The Morgan fingerprint density at radius 3 is 2.55 bits per heavy atom. The molecule has 0 radical (unpaired) electrons. The highest BCUT2D eigenvalue weighted by Crippen LogP contribution is 2.13. The Morgan fingerprint density at radius 2 is 1.85 bits per heavy atom. The van der Waals surface area contributed by atoms with E-state index in [1.165, 1.54) is 6.08 Å². The van der Waals surface area contributed by atoms with Gasteiger partial charge >= 0.3 is 0 Å². The predicted octanol–water partition coefficient (Wildman–Crippen LogP) is 2.87. The second-order valence-corrected chi connectivity index (χ2v) is 4.61. The fourth-order valence-corrected chi connectivity index (χ4v) is 1.89. The minimum absolute atomic E-state index is 0.0800. The van der Waals surface area contributed by atoms with Crippen LogP contribution in [0.1, 0.15) is 33.3 Å². The summed E-state index contributed by atoms with van der Waals surface area (Å²) in [7, 11) is 0. The van der Waals surface area contributed by atoms with Crippen molar-refractivity contribution in [2.75, 3.05) is 0 Å². The number of carbonyl (C=O) groups excluding carboxylic acids is 1. The minimum Gasteiger partial charge on any atom is -0.364 e. The van der Waals surface area contributed by atoms with Crippen molar-refractivity contribution in [1.29, 1.82) is 0 Å². The molecule has 2 aromatic rings. The summed E-state index contributed by atoms with van der Waals surface area (Å²) in [5.74, 6) is -0.0800. The Bertz CT molecular complexity index is 642. The Hall–Kier alpha value is -2.23. The number of benzene rings is 2. The molecule has 0 saturated carbocycles. The van der Waals surface area contributed by atoms with Gasteiger partial charge in [0.15, 0.2) is 12.1 Å². The Kier molecular flexibility index (Phi) is 4.45. The van der Waals surface area contributed by atoms with Crippen molar-refractivity contribution in [2.45, 2.75) is 13.2 Å². The van der Waals surface area contributed by atoms with Crippen LogP contribution in [0.2, 0.25) is 0 Å². The van der Waals surface area contributed by atoms with Gasteiger partial charge in [-0.15, -0.1) is 0 Å². The van der Waals surface area contributed by atoms with Gasteiger partial charge in [-0.25, -0.2) is 0 Å². The van der Waals surface area contributed by atoms with Crippen LogP contribution in [0.15, 0.2) is 54.6 Å². The van der Waals surface area contributed by atoms with E-state index in [-0.39, 0.29) is 5.78 Å². The van der Waals surface area contributed by atoms with Crippen molar-refractivity contribution in [3.05, 3.63) is 76.9 Å². The van der Waals surface area contributed by atoms with E-state index in [1.54, 1.807) is 36.4 Å². The number of hydrogen-bond donors (Lipinski definition) is 2. The molecule has 0 amide bonds. The number of allylic oxidation sites excluding steroid dienone is 1. The molecule has 0 aliphatic carbocycles. The van der Waals surface area contributed by atoms with Crippen LogP contribution in [0.4, 0.5) is 0 Å². The number of hydrogen-bond acceptors (Lipinski definition) is 3. The van der Waals surface area contributed by atoms with Crippen molar-refractivity contribution >= 4 is 11.9 Å². The van der Waals surface area contributed by atoms with Gasteiger partial charge in [-0.3, -0.25) is 4.79 Å². The molecule has 20 heavy (non-hydrogen) atoms. The first kappa shape index (κ1) is 14.2. The van der Waals surface area contributed by atoms with Gasteiger partial charge in [-0.2, -0.15) is 0 Å². The molecule has 2 aromatic carbocycles. The molecule has 3 heteroatoms. The summed E-state index contributed by atoms with van der Waals surface area (Å²) in [4.78, 5) is 12.0. The van der Waals surface area contributed by atoms with Crippen LogP contribution in [0.3, 0.4) is 0 Å². The van der Waals surface area contributed by atoms with Crippen molar-refractivity contribution in [2.24, 2.45) is 0 Å². The van der Waals surface area contributed by atoms with Gasteiger partial charge in [0, 0.05) is 11.1 Å². The van der Waals surface area contributed by atoms with E-state index in [0.29, 0.717) is 11.1 Å². The molecule has 102 valence electrons. The van der Waals surface area contributed by atoms with E-state index >= 15 is 0 Å². The zero-order valence-electron chi connectivity index (χ0n) is 11.2. The van der Waals surface area contributed by atoms with E-state index in [2.05, 4.69) is 0 Å². The van der Waals surface area contributed by atoms with Crippen LogP contribution in [0.5, 0.6) is 0 Å². The first-order valence-corrected chi connectivity index (χ1v) is 6.31. The average Bonchev–Trinajstić information content (AvgIpc) is 2.45. The SMILES string of the molecule is Cc1cccc(C(=O)/C=C/c2cccc(C(O)O)c2)c1. The molecule has 3 nitrogen and oxygen atoms in total.